The molecule has 3 N–H and O–H groups in total. The third kappa shape index (κ3) is 2.87. The Morgan fingerprint density at radius 1 is 1.26 bits per heavy atom. The molecule has 0 aliphatic rings. The van der Waals surface area contributed by atoms with Gasteiger partial charge in [0.15, 0.2) is 11.6 Å². The van der Waals surface area contributed by atoms with Gasteiger partial charge in [-0.15, -0.1) is 0 Å². The number of nitriles is 1. The highest BCUT2D eigenvalue weighted by Gasteiger charge is 2.09. The number of hydrogen-bond donors (Lipinski definition) is 2. The third-order valence-corrected chi connectivity index (χ3v) is 2.84. The molecule has 0 spiro atoms. The normalized spacial score (nSPS) is 10.0. The highest BCUT2D eigenvalue weighted by Crippen LogP contribution is 2.30. The van der Waals surface area contributed by atoms with E-state index in [-0.39, 0.29) is 15.7 Å². The number of benzene rings is 1. The molecule has 0 aliphatic heterocycles. The minimum atomic E-state index is -0.686. The molecule has 0 amide bonds. The second-order valence-corrected chi connectivity index (χ2v) is 4.47. The van der Waals surface area contributed by atoms with Crippen LogP contribution in [0, 0.1) is 17.1 Å². The summed E-state index contributed by atoms with van der Waals surface area (Å²) in [6.45, 7) is 0. The maximum absolute atomic E-state index is 13.3. The van der Waals surface area contributed by atoms with E-state index < -0.39 is 5.82 Å². The fourth-order valence-electron chi connectivity index (χ4n) is 1.41. The van der Waals surface area contributed by atoms with Crippen molar-refractivity contribution < 1.29 is 4.39 Å². The van der Waals surface area contributed by atoms with Crippen LogP contribution in [-0.2, 0) is 0 Å². The number of pyridine rings is 1. The molecule has 4 nitrogen and oxygen atoms in total. The number of hydrogen-bond acceptors (Lipinski definition) is 4. The number of anilines is 3. The van der Waals surface area contributed by atoms with Gasteiger partial charge in [-0.1, -0.05) is 23.2 Å². The van der Waals surface area contributed by atoms with Gasteiger partial charge >= 0.3 is 0 Å². The molecule has 96 valence electrons. The Kier molecular flexibility index (Phi) is 3.74. The van der Waals surface area contributed by atoms with Gasteiger partial charge in [-0.2, -0.15) is 5.26 Å². The van der Waals surface area contributed by atoms with Crippen molar-refractivity contribution in [1.82, 2.24) is 4.98 Å². The average molecular weight is 297 g/mol. The molecule has 2 rings (SSSR count). The van der Waals surface area contributed by atoms with Crippen molar-refractivity contribution in [2.24, 2.45) is 0 Å². The smallest absolute Gasteiger partial charge is 0.160 e. The molecule has 0 radical (unpaired) electrons. The summed E-state index contributed by atoms with van der Waals surface area (Å²) >= 11 is 11.4. The van der Waals surface area contributed by atoms with E-state index in [2.05, 4.69) is 10.3 Å². The standard InChI is InChI=1S/C12H7Cl2FN4/c13-8-2-7(3-9(14)11(8)15)19-12-10(17)1-6(4-16)5-18-12/h1-3,5H,17H2,(H,18,19). The van der Waals surface area contributed by atoms with Gasteiger partial charge in [-0.05, 0) is 18.2 Å². The number of nitrogens with zero attached hydrogens (tertiary/aromatic N) is 2. The largest absolute Gasteiger partial charge is 0.396 e. The minimum Gasteiger partial charge on any atom is -0.396 e. The molecule has 0 fully saturated rings. The van der Waals surface area contributed by atoms with Crippen LogP contribution < -0.4 is 11.1 Å². The van der Waals surface area contributed by atoms with E-state index in [1.165, 1.54) is 24.4 Å². The topological polar surface area (TPSA) is 74.7 Å². The SMILES string of the molecule is N#Cc1cnc(Nc2cc(Cl)c(F)c(Cl)c2)c(N)c1. The summed E-state index contributed by atoms with van der Waals surface area (Å²) in [7, 11) is 0. The van der Waals surface area contributed by atoms with Crippen molar-refractivity contribution in [3.8, 4) is 6.07 Å². The van der Waals surface area contributed by atoms with Gasteiger partial charge in [0.2, 0.25) is 0 Å². The third-order valence-electron chi connectivity index (χ3n) is 2.29. The average Bonchev–Trinajstić information content (AvgIpc) is 2.38. The van der Waals surface area contributed by atoms with Crippen molar-refractivity contribution in [1.29, 1.82) is 5.26 Å². The van der Waals surface area contributed by atoms with Crippen molar-refractivity contribution in [2.45, 2.75) is 0 Å². The molecule has 0 saturated heterocycles. The molecule has 0 unspecified atom stereocenters. The Hall–Kier alpha value is -2.03. The predicted octanol–water partition coefficient (Wildman–Crippen LogP) is 3.72. The van der Waals surface area contributed by atoms with Crippen LogP contribution in [0.25, 0.3) is 0 Å². The van der Waals surface area contributed by atoms with E-state index >= 15 is 0 Å². The Bertz CT molecular complexity index is 659. The summed E-state index contributed by atoms with van der Waals surface area (Å²) in [6.07, 6.45) is 1.37. The van der Waals surface area contributed by atoms with Gasteiger partial charge in [0.1, 0.15) is 6.07 Å². The first-order valence-corrected chi connectivity index (χ1v) is 5.84. The number of rotatable bonds is 2. The molecule has 1 aromatic heterocycles. The van der Waals surface area contributed by atoms with Crippen molar-refractivity contribution >= 4 is 40.4 Å². The van der Waals surface area contributed by atoms with E-state index in [0.29, 0.717) is 17.1 Å². The van der Waals surface area contributed by atoms with Crippen molar-refractivity contribution in [2.75, 3.05) is 11.1 Å². The molecule has 0 bridgehead atoms. The Morgan fingerprint density at radius 3 is 2.42 bits per heavy atom. The van der Waals surface area contributed by atoms with Crippen LogP contribution in [0.3, 0.4) is 0 Å². The number of nitrogen functional groups attached to an aromatic ring is 1. The zero-order chi connectivity index (χ0) is 14.0. The van der Waals surface area contributed by atoms with Gasteiger partial charge < -0.3 is 11.1 Å². The second-order valence-electron chi connectivity index (χ2n) is 3.65. The van der Waals surface area contributed by atoms with Crippen LogP contribution >= 0.6 is 23.2 Å². The van der Waals surface area contributed by atoms with E-state index in [4.69, 9.17) is 34.2 Å². The first-order chi connectivity index (χ1) is 9.01. The Labute approximate surface area is 118 Å². The first-order valence-electron chi connectivity index (χ1n) is 5.08. The van der Waals surface area contributed by atoms with E-state index in [1.54, 1.807) is 0 Å². The zero-order valence-electron chi connectivity index (χ0n) is 9.42. The summed E-state index contributed by atoms with van der Waals surface area (Å²) in [5, 5.41) is 11.3. The minimum absolute atomic E-state index is 0.109. The van der Waals surface area contributed by atoms with E-state index in [9.17, 15) is 4.39 Å². The maximum atomic E-state index is 13.3. The van der Waals surface area contributed by atoms with Gasteiger partial charge in [0, 0.05) is 11.9 Å². The highest BCUT2D eigenvalue weighted by atomic mass is 35.5. The number of nitrogens with one attached hydrogen (secondary N) is 1. The summed E-state index contributed by atoms with van der Waals surface area (Å²) in [6, 6.07) is 6.12. The lowest BCUT2D eigenvalue weighted by Gasteiger charge is -2.09. The lowest BCUT2D eigenvalue weighted by Crippen LogP contribution is -2.00. The van der Waals surface area contributed by atoms with Crippen LogP contribution in [0.5, 0.6) is 0 Å². The molecule has 0 saturated carbocycles. The first kappa shape index (κ1) is 13.4. The van der Waals surface area contributed by atoms with Gasteiger partial charge in [-0.25, -0.2) is 9.37 Å². The molecule has 0 atom stereocenters. The number of aromatic nitrogens is 1. The Morgan fingerprint density at radius 2 is 1.89 bits per heavy atom. The van der Waals surface area contributed by atoms with Crippen LogP contribution in [0.4, 0.5) is 21.6 Å². The number of nitrogens with two attached hydrogens (primary N) is 1. The lowest BCUT2D eigenvalue weighted by molar-refractivity contribution is 0.629. The fraction of sp³-hybridized carbons (Fsp3) is 0. The highest BCUT2D eigenvalue weighted by molar-refractivity contribution is 6.35. The molecule has 19 heavy (non-hydrogen) atoms. The van der Waals surface area contributed by atoms with E-state index in [0.717, 1.165) is 0 Å². The molecular formula is C12H7Cl2FN4. The van der Waals surface area contributed by atoms with E-state index in [1.807, 2.05) is 6.07 Å². The van der Waals surface area contributed by atoms with Gasteiger partial charge in [0.05, 0.1) is 21.3 Å². The van der Waals surface area contributed by atoms with Crippen LogP contribution in [-0.4, -0.2) is 4.98 Å². The zero-order valence-corrected chi connectivity index (χ0v) is 10.9. The lowest BCUT2D eigenvalue weighted by atomic mass is 10.2. The summed E-state index contributed by atoms with van der Waals surface area (Å²) < 4.78 is 13.3. The summed E-state index contributed by atoms with van der Waals surface area (Å²) in [5.74, 6) is -0.354. The van der Waals surface area contributed by atoms with Crippen LogP contribution in [0.1, 0.15) is 5.56 Å². The molecule has 1 aromatic carbocycles. The molecule has 2 aromatic rings. The van der Waals surface area contributed by atoms with Crippen LogP contribution in [0.2, 0.25) is 10.0 Å². The van der Waals surface area contributed by atoms with Crippen LogP contribution in [0.15, 0.2) is 24.4 Å². The molecule has 0 aliphatic carbocycles. The van der Waals surface area contributed by atoms with Crippen molar-refractivity contribution in [3.63, 3.8) is 0 Å². The maximum Gasteiger partial charge on any atom is 0.160 e. The quantitative estimate of drug-likeness (QED) is 0.828. The Balaban J connectivity index is 2.34. The molecule has 7 heteroatoms. The molecule has 1 heterocycles. The predicted molar refractivity (Wildman–Crippen MR) is 73.1 cm³/mol. The molecular weight excluding hydrogens is 290 g/mol. The van der Waals surface area contributed by atoms with Crippen molar-refractivity contribution in [3.05, 3.63) is 45.8 Å². The fourth-order valence-corrected chi connectivity index (χ4v) is 1.90. The summed E-state index contributed by atoms with van der Waals surface area (Å²) in [4.78, 5) is 3.99. The van der Waals surface area contributed by atoms with Gasteiger partial charge in [-0.3, -0.25) is 0 Å². The monoisotopic (exact) mass is 296 g/mol. The number of halogens is 3. The summed E-state index contributed by atoms with van der Waals surface area (Å²) in [5.41, 5.74) is 6.81. The van der Waals surface area contributed by atoms with Gasteiger partial charge in [0.25, 0.3) is 0 Å². The second kappa shape index (κ2) is 5.31.